The summed E-state index contributed by atoms with van der Waals surface area (Å²) in [6.07, 6.45) is -0.957. The first-order chi connectivity index (χ1) is 9.97. The number of halogens is 1. The van der Waals surface area contributed by atoms with Crippen LogP contribution < -0.4 is 10.1 Å². The standard InChI is InChI=1S/C14H18ClNO5/c1-4-20-8-13(17)21-9(2)14(18)16-11-7-10(15)5-6-12(11)19-3/h5-7,9H,4,8H2,1-3H3,(H,16,18)/t9-/m1/s1. The molecular weight excluding hydrogens is 298 g/mol. The molecule has 1 aromatic rings. The van der Waals surface area contributed by atoms with Crippen molar-refractivity contribution < 1.29 is 23.8 Å². The summed E-state index contributed by atoms with van der Waals surface area (Å²) >= 11 is 5.87. The van der Waals surface area contributed by atoms with Crippen LogP contribution >= 0.6 is 11.6 Å². The van der Waals surface area contributed by atoms with Gasteiger partial charge in [-0.05, 0) is 32.0 Å². The number of esters is 1. The van der Waals surface area contributed by atoms with E-state index < -0.39 is 18.0 Å². The average Bonchev–Trinajstić information content (AvgIpc) is 2.45. The molecule has 1 aromatic carbocycles. The van der Waals surface area contributed by atoms with Gasteiger partial charge in [-0.15, -0.1) is 0 Å². The van der Waals surface area contributed by atoms with Gasteiger partial charge in [-0.2, -0.15) is 0 Å². The molecule has 1 atom stereocenters. The molecule has 1 amide bonds. The van der Waals surface area contributed by atoms with Gasteiger partial charge in [-0.3, -0.25) is 4.79 Å². The lowest BCUT2D eigenvalue weighted by molar-refractivity contribution is -0.157. The number of carbonyl (C=O) groups is 2. The predicted octanol–water partition coefficient (Wildman–Crippen LogP) is 2.26. The molecule has 21 heavy (non-hydrogen) atoms. The Kier molecular flexibility index (Phi) is 6.98. The number of rotatable bonds is 7. The fourth-order valence-corrected chi connectivity index (χ4v) is 1.65. The highest BCUT2D eigenvalue weighted by Gasteiger charge is 2.19. The molecular formula is C14H18ClNO5. The summed E-state index contributed by atoms with van der Waals surface area (Å²) in [6, 6.07) is 4.82. The zero-order valence-corrected chi connectivity index (χ0v) is 12.9. The first kappa shape index (κ1) is 17.3. The lowest BCUT2D eigenvalue weighted by Crippen LogP contribution is -2.31. The summed E-state index contributed by atoms with van der Waals surface area (Å²) < 4.78 is 15.0. The maximum atomic E-state index is 12.0. The van der Waals surface area contributed by atoms with Crippen molar-refractivity contribution in [2.24, 2.45) is 0 Å². The molecule has 0 fully saturated rings. The minimum absolute atomic E-state index is 0.186. The van der Waals surface area contributed by atoms with E-state index in [1.54, 1.807) is 25.1 Å². The largest absolute Gasteiger partial charge is 0.495 e. The van der Waals surface area contributed by atoms with Crippen LogP contribution in [-0.2, 0) is 19.1 Å². The van der Waals surface area contributed by atoms with Gasteiger partial charge in [0.1, 0.15) is 12.4 Å². The lowest BCUT2D eigenvalue weighted by atomic mass is 10.2. The molecule has 0 bridgehead atoms. The third kappa shape index (κ3) is 5.61. The number of hydrogen-bond donors (Lipinski definition) is 1. The van der Waals surface area contributed by atoms with E-state index in [0.29, 0.717) is 23.1 Å². The van der Waals surface area contributed by atoms with Crippen LogP contribution in [-0.4, -0.2) is 38.3 Å². The van der Waals surface area contributed by atoms with Gasteiger partial charge in [-0.1, -0.05) is 11.6 Å². The molecule has 0 heterocycles. The molecule has 0 aliphatic carbocycles. The van der Waals surface area contributed by atoms with E-state index in [2.05, 4.69) is 5.32 Å². The number of anilines is 1. The fraction of sp³-hybridized carbons (Fsp3) is 0.429. The Morgan fingerprint density at radius 1 is 1.38 bits per heavy atom. The number of methoxy groups -OCH3 is 1. The van der Waals surface area contributed by atoms with Gasteiger partial charge in [0.15, 0.2) is 6.10 Å². The van der Waals surface area contributed by atoms with E-state index in [-0.39, 0.29) is 6.61 Å². The van der Waals surface area contributed by atoms with E-state index in [9.17, 15) is 9.59 Å². The van der Waals surface area contributed by atoms with Crippen molar-refractivity contribution in [2.75, 3.05) is 25.6 Å². The number of benzene rings is 1. The molecule has 0 saturated carbocycles. The van der Waals surface area contributed by atoms with E-state index in [4.69, 9.17) is 25.8 Å². The van der Waals surface area contributed by atoms with Gasteiger partial charge >= 0.3 is 5.97 Å². The van der Waals surface area contributed by atoms with Crippen molar-refractivity contribution in [1.29, 1.82) is 0 Å². The molecule has 0 saturated heterocycles. The molecule has 0 aliphatic heterocycles. The first-order valence-corrected chi connectivity index (χ1v) is 6.77. The summed E-state index contributed by atoms with van der Waals surface area (Å²) in [7, 11) is 1.48. The number of amides is 1. The van der Waals surface area contributed by atoms with Gasteiger partial charge in [0.2, 0.25) is 0 Å². The quantitative estimate of drug-likeness (QED) is 0.781. The van der Waals surface area contributed by atoms with Crippen molar-refractivity contribution in [3.63, 3.8) is 0 Å². The minimum Gasteiger partial charge on any atom is -0.495 e. The molecule has 1 N–H and O–H groups in total. The molecule has 0 aromatic heterocycles. The Balaban J connectivity index is 2.64. The second kappa shape index (κ2) is 8.49. The summed E-state index contributed by atoms with van der Waals surface area (Å²) in [4.78, 5) is 23.3. The predicted molar refractivity (Wildman–Crippen MR) is 78.7 cm³/mol. The first-order valence-electron chi connectivity index (χ1n) is 6.39. The summed E-state index contributed by atoms with van der Waals surface area (Å²) in [6.45, 7) is 3.44. The maximum absolute atomic E-state index is 12.0. The van der Waals surface area contributed by atoms with Crippen molar-refractivity contribution in [3.8, 4) is 5.75 Å². The third-order valence-electron chi connectivity index (χ3n) is 2.52. The average molecular weight is 316 g/mol. The topological polar surface area (TPSA) is 73.9 Å². The highest BCUT2D eigenvalue weighted by atomic mass is 35.5. The number of ether oxygens (including phenoxy) is 3. The van der Waals surface area contributed by atoms with E-state index in [0.717, 1.165) is 0 Å². The zero-order chi connectivity index (χ0) is 15.8. The van der Waals surface area contributed by atoms with Crippen molar-refractivity contribution >= 4 is 29.2 Å². The third-order valence-corrected chi connectivity index (χ3v) is 2.76. The van der Waals surface area contributed by atoms with Gasteiger partial charge in [0.05, 0.1) is 12.8 Å². The number of hydrogen-bond acceptors (Lipinski definition) is 5. The SMILES string of the molecule is CCOCC(=O)O[C@H](C)C(=O)Nc1cc(Cl)ccc1OC. The van der Waals surface area contributed by atoms with Crippen molar-refractivity contribution in [2.45, 2.75) is 20.0 Å². The van der Waals surface area contributed by atoms with Gasteiger partial charge < -0.3 is 19.5 Å². The Morgan fingerprint density at radius 3 is 2.71 bits per heavy atom. The van der Waals surface area contributed by atoms with Crippen LogP contribution in [0.5, 0.6) is 5.75 Å². The van der Waals surface area contributed by atoms with Crippen LogP contribution in [0.2, 0.25) is 5.02 Å². The molecule has 116 valence electrons. The Morgan fingerprint density at radius 2 is 2.10 bits per heavy atom. The normalized spacial score (nSPS) is 11.6. The van der Waals surface area contributed by atoms with Gasteiger partial charge in [0, 0.05) is 11.6 Å². The molecule has 0 radical (unpaired) electrons. The minimum atomic E-state index is -0.957. The molecule has 7 heteroatoms. The second-order valence-corrected chi connectivity index (χ2v) is 4.54. The molecule has 0 spiro atoms. The Labute approximate surface area is 128 Å². The van der Waals surface area contributed by atoms with Crippen LogP contribution in [0.4, 0.5) is 5.69 Å². The van der Waals surface area contributed by atoms with Gasteiger partial charge in [-0.25, -0.2) is 4.79 Å². The number of nitrogens with one attached hydrogen (secondary N) is 1. The molecule has 0 aliphatic rings. The molecule has 6 nitrogen and oxygen atoms in total. The van der Waals surface area contributed by atoms with Crippen LogP contribution in [0, 0.1) is 0 Å². The van der Waals surface area contributed by atoms with E-state index in [1.807, 2.05) is 0 Å². The van der Waals surface area contributed by atoms with E-state index in [1.165, 1.54) is 14.0 Å². The maximum Gasteiger partial charge on any atom is 0.332 e. The van der Waals surface area contributed by atoms with E-state index >= 15 is 0 Å². The fourth-order valence-electron chi connectivity index (χ4n) is 1.48. The lowest BCUT2D eigenvalue weighted by Gasteiger charge is -2.15. The van der Waals surface area contributed by atoms with Crippen LogP contribution in [0.15, 0.2) is 18.2 Å². The van der Waals surface area contributed by atoms with Crippen molar-refractivity contribution in [1.82, 2.24) is 0 Å². The summed E-state index contributed by atoms with van der Waals surface area (Å²) in [5, 5.41) is 3.05. The molecule has 0 unspecified atom stereocenters. The number of carbonyl (C=O) groups excluding carboxylic acids is 2. The highest BCUT2D eigenvalue weighted by molar-refractivity contribution is 6.31. The van der Waals surface area contributed by atoms with Gasteiger partial charge in [0.25, 0.3) is 5.91 Å². The zero-order valence-electron chi connectivity index (χ0n) is 12.1. The van der Waals surface area contributed by atoms with Crippen molar-refractivity contribution in [3.05, 3.63) is 23.2 Å². The van der Waals surface area contributed by atoms with Crippen LogP contribution in [0.3, 0.4) is 0 Å². The summed E-state index contributed by atoms with van der Waals surface area (Å²) in [5.74, 6) is -0.626. The van der Waals surface area contributed by atoms with Crippen LogP contribution in [0.1, 0.15) is 13.8 Å². The highest BCUT2D eigenvalue weighted by Crippen LogP contribution is 2.27. The smallest absolute Gasteiger partial charge is 0.332 e. The Bertz CT molecular complexity index is 506. The monoisotopic (exact) mass is 315 g/mol. The second-order valence-electron chi connectivity index (χ2n) is 4.10. The van der Waals surface area contributed by atoms with Crippen LogP contribution in [0.25, 0.3) is 0 Å². The Hall–Kier alpha value is -1.79. The summed E-state index contributed by atoms with van der Waals surface area (Å²) in [5.41, 5.74) is 0.405. The molecule has 1 rings (SSSR count).